The zero-order valence-electron chi connectivity index (χ0n) is 32.5. The normalized spacial score (nSPS) is 17.2. The number of hydrogen-bond donors (Lipinski definition) is 0. The standard InChI is InChI=1S/C49H45BN2OS/c1-28-24-34-35(49(7,8)23-22-48(34,5)6)27-38(28)51-39-26-29(47(2,3)4)25-33-31-15-13-19-42-44(31)52(37-16-10-12-18-41(37)54-42)50(43(33)39)36-21-20-32-30-14-9-11-17-40(30)53-46(32)45(36)51/h9-21,24-27H,22-23H2,1-8H3. The van der Waals surface area contributed by atoms with Gasteiger partial charge in [-0.3, -0.25) is 0 Å². The number of nitrogens with zero attached hydrogens (tertiary/aromatic N) is 2. The van der Waals surface area contributed by atoms with Gasteiger partial charge < -0.3 is 14.1 Å². The monoisotopic (exact) mass is 720 g/mol. The van der Waals surface area contributed by atoms with Crippen molar-refractivity contribution in [1.29, 1.82) is 0 Å². The molecule has 54 heavy (non-hydrogen) atoms. The first-order valence-electron chi connectivity index (χ1n) is 19.6. The molecule has 4 heterocycles. The van der Waals surface area contributed by atoms with Crippen molar-refractivity contribution in [2.24, 2.45) is 0 Å². The second-order valence-electron chi connectivity index (χ2n) is 18.5. The van der Waals surface area contributed by atoms with Gasteiger partial charge in [0.05, 0.1) is 11.4 Å². The highest BCUT2D eigenvalue weighted by Gasteiger charge is 2.49. The van der Waals surface area contributed by atoms with Crippen molar-refractivity contribution in [2.45, 2.75) is 94.3 Å². The molecule has 0 spiro atoms. The molecule has 6 aromatic carbocycles. The molecular weight excluding hydrogens is 675 g/mol. The van der Waals surface area contributed by atoms with E-state index in [1.807, 2.05) is 11.8 Å². The Labute approximate surface area is 323 Å². The summed E-state index contributed by atoms with van der Waals surface area (Å²) in [5.74, 6) is 0. The van der Waals surface area contributed by atoms with Gasteiger partial charge in [0.2, 0.25) is 0 Å². The molecule has 11 rings (SSSR count). The Morgan fingerprint density at radius 2 is 1.39 bits per heavy atom. The first kappa shape index (κ1) is 32.6. The minimum Gasteiger partial charge on any atom is -0.454 e. The fourth-order valence-corrected chi connectivity index (χ4v) is 11.2. The van der Waals surface area contributed by atoms with Crippen LogP contribution in [0.5, 0.6) is 0 Å². The van der Waals surface area contributed by atoms with Gasteiger partial charge in [-0.1, -0.05) is 127 Å². The van der Waals surface area contributed by atoms with Crippen LogP contribution < -0.4 is 20.6 Å². The van der Waals surface area contributed by atoms with Crippen molar-refractivity contribution in [3.63, 3.8) is 0 Å². The Morgan fingerprint density at radius 1 is 0.667 bits per heavy atom. The van der Waals surface area contributed by atoms with Crippen LogP contribution in [0, 0.1) is 6.92 Å². The molecule has 3 aliphatic heterocycles. The van der Waals surface area contributed by atoms with Gasteiger partial charge in [-0.15, -0.1) is 0 Å². The molecule has 0 fully saturated rings. The molecule has 4 aliphatic rings. The lowest BCUT2D eigenvalue weighted by atomic mass is 9.43. The second kappa shape index (κ2) is 10.7. The minimum absolute atomic E-state index is 0.0445. The van der Waals surface area contributed by atoms with Crippen LogP contribution in [0.3, 0.4) is 0 Å². The summed E-state index contributed by atoms with van der Waals surface area (Å²) in [5.41, 5.74) is 19.1. The number of furan rings is 1. The number of hydrogen-bond acceptors (Lipinski definition) is 4. The Balaban J connectivity index is 1.32. The molecule has 0 bridgehead atoms. The van der Waals surface area contributed by atoms with E-state index in [1.54, 1.807) is 0 Å². The molecule has 3 nitrogen and oxygen atoms in total. The summed E-state index contributed by atoms with van der Waals surface area (Å²) < 4.78 is 7.06. The fraction of sp³-hybridized carbons (Fsp3) is 0.265. The van der Waals surface area contributed by atoms with E-state index < -0.39 is 0 Å². The number of benzene rings is 6. The number of para-hydroxylation sites is 3. The molecule has 5 heteroatoms. The van der Waals surface area contributed by atoms with E-state index >= 15 is 0 Å². The maximum atomic E-state index is 7.06. The lowest BCUT2D eigenvalue weighted by molar-refractivity contribution is 0.332. The number of fused-ring (bicyclic) bond motifs is 11. The second-order valence-corrected chi connectivity index (χ2v) is 19.6. The van der Waals surface area contributed by atoms with E-state index in [1.165, 1.54) is 89.7 Å². The summed E-state index contributed by atoms with van der Waals surface area (Å²) in [4.78, 5) is 7.89. The van der Waals surface area contributed by atoms with Crippen LogP contribution in [0.1, 0.15) is 83.6 Å². The molecule has 0 saturated heterocycles. The highest BCUT2D eigenvalue weighted by molar-refractivity contribution is 7.99. The van der Waals surface area contributed by atoms with E-state index in [0.29, 0.717) is 0 Å². The van der Waals surface area contributed by atoms with Gasteiger partial charge >= 0.3 is 6.85 Å². The van der Waals surface area contributed by atoms with Gasteiger partial charge in [-0.2, -0.15) is 0 Å². The predicted molar refractivity (Wildman–Crippen MR) is 230 cm³/mol. The summed E-state index contributed by atoms with van der Waals surface area (Å²) in [5, 5.41) is 2.32. The summed E-state index contributed by atoms with van der Waals surface area (Å²) in [6, 6.07) is 39.3. The minimum atomic E-state index is -0.0669. The van der Waals surface area contributed by atoms with Crippen molar-refractivity contribution in [3.05, 3.63) is 125 Å². The number of aryl methyl sites for hydroxylation is 1. The SMILES string of the molecule is Cc1cc2c(cc1N1c3cc(C(C)(C)C)cc4c3B(c3ccc5c(oc6ccccc65)c31)N1c3ccccc3Sc3cccc-4c31)C(C)(C)CCC2(C)C. The lowest BCUT2D eigenvalue weighted by Gasteiger charge is -2.49. The van der Waals surface area contributed by atoms with Gasteiger partial charge in [0.1, 0.15) is 5.58 Å². The zero-order valence-corrected chi connectivity index (χ0v) is 33.3. The highest BCUT2D eigenvalue weighted by atomic mass is 32.2. The van der Waals surface area contributed by atoms with Gasteiger partial charge in [0.15, 0.2) is 5.58 Å². The van der Waals surface area contributed by atoms with Crippen molar-refractivity contribution in [2.75, 3.05) is 9.71 Å². The van der Waals surface area contributed by atoms with E-state index in [9.17, 15) is 0 Å². The Bertz CT molecular complexity index is 2780. The predicted octanol–water partition coefficient (Wildman–Crippen LogP) is 12.7. The van der Waals surface area contributed by atoms with Crippen LogP contribution in [0.2, 0.25) is 0 Å². The molecule has 0 saturated carbocycles. The molecule has 0 atom stereocenters. The molecule has 266 valence electrons. The average Bonchev–Trinajstić information content (AvgIpc) is 3.53. The van der Waals surface area contributed by atoms with Gasteiger partial charge in [-0.25, -0.2) is 0 Å². The largest absolute Gasteiger partial charge is 0.454 e. The quantitative estimate of drug-likeness (QED) is 0.157. The summed E-state index contributed by atoms with van der Waals surface area (Å²) in [6.45, 7) is 19.1. The van der Waals surface area contributed by atoms with Crippen LogP contribution in [0.15, 0.2) is 117 Å². The van der Waals surface area contributed by atoms with E-state index in [2.05, 4.69) is 168 Å². The van der Waals surface area contributed by atoms with Crippen molar-refractivity contribution in [1.82, 2.24) is 0 Å². The number of anilines is 5. The number of rotatable bonds is 1. The fourth-order valence-electron chi connectivity index (χ4n) is 10.1. The van der Waals surface area contributed by atoms with Crippen LogP contribution in [0.4, 0.5) is 28.4 Å². The molecule has 0 N–H and O–H groups in total. The van der Waals surface area contributed by atoms with Crippen LogP contribution in [0.25, 0.3) is 33.1 Å². The molecule has 7 aromatic rings. The van der Waals surface area contributed by atoms with Crippen LogP contribution in [-0.2, 0) is 16.2 Å². The van der Waals surface area contributed by atoms with E-state index in [0.717, 1.165) is 27.6 Å². The topological polar surface area (TPSA) is 19.6 Å². The lowest BCUT2D eigenvalue weighted by Crippen LogP contribution is -2.62. The third kappa shape index (κ3) is 4.28. The maximum absolute atomic E-state index is 7.06. The third-order valence-corrected chi connectivity index (χ3v) is 14.3. The molecule has 0 unspecified atom stereocenters. The van der Waals surface area contributed by atoms with E-state index in [-0.39, 0.29) is 23.1 Å². The van der Waals surface area contributed by atoms with Crippen LogP contribution in [-0.4, -0.2) is 6.85 Å². The molecular formula is C49H45BN2OS. The van der Waals surface area contributed by atoms with Crippen molar-refractivity contribution < 1.29 is 4.42 Å². The highest BCUT2D eigenvalue weighted by Crippen LogP contribution is 2.57. The molecule has 1 aliphatic carbocycles. The van der Waals surface area contributed by atoms with Gasteiger partial charge in [-0.05, 0) is 111 Å². The average molecular weight is 721 g/mol. The first-order valence-corrected chi connectivity index (χ1v) is 20.4. The molecule has 1 aromatic heterocycles. The Kier molecular flexibility index (Phi) is 6.43. The van der Waals surface area contributed by atoms with Crippen LogP contribution >= 0.6 is 11.8 Å². The zero-order chi connectivity index (χ0) is 37.1. The summed E-state index contributed by atoms with van der Waals surface area (Å²) in [6.07, 6.45) is 2.36. The van der Waals surface area contributed by atoms with Crippen molar-refractivity contribution >= 4 is 79.9 Å². The molecule has 0 radical (unpaired) electrons. The third-order valence-electron chi connectivity index (χ3n) is 13.2. The van der Waals surface area contributed by atoms with Gasteiger partial charge in [0.25, 0.3) is 0 Å². The van der Waals surface area contributed by atoms with Gasteiger partial charge in [0, 0.05) is 43.2 Å². The maximum Gasteiger partial charge on any atom is 0.333 e. The van der Waals surface area contributed by atoms with E-state index in [4.69, 9.17) is 4.42 Å². The first-order chi connectivity index (χ1) is 25.8. The molecule has 0 amide bonds. The smallest absolute Gasteiger partial charge is 0.333 e. The Morgan fingerprint density at radius 3 is 2.19 bits per heavy atom. The summed E-state index contributed by atoms with van der Waals surface area (Å²) >= 11 is 1.90. The van der Waals surface area contributed by atoms with Crippen molar-refractivity contribution in [3.8, 4) is 11.1 Å². The Hall–Kier alpha value is -4.87. The summed E-state index contributed by atoms with van der Waals surface area (Å²) in [7, 11) is 0.